The van der Waals surface area contributed by atoms with Crippen LogP contribution >= 0.6 is 0 Å². The summed E-state index contributed by atoms with van der Waals surface area (Å²) < 4.78 is 9.72. The highest BCUT2D eigenvalue weighted by Gasteiger charge is 2.23. The number of aromatic nitrogens is 4. The molecule has 0 aliphatic heterocycles. The van der Waals surface area contributed by atoms with Crippen LogP contribution in [0.4, 0.5) is 0 Å². The number of carbonyl (C=O) groups excluding carboxylic acids is 1. The van der Waals surface area contributed by atoms with Crippen molar-refractivity contribution in [3.63, 3.8) is 0 Å². The SMILES string of the molecule is Cn1cnc2c1c(=O)n(CC(=O)N[C@@H](c1ccccc1)c1cc3ccccc3o1)c(=O)n2C. The van der Waals surface area contributed by atoms with Crippen LogP contribution in [-0.2, 0) is 25.4 Å². The van der Waals surface area contributed by atoms with Gasteiger partial charge in [0.15, 0.2) is 11.2 Å². The van der Waals surface area contributed by atoms with Gasteiger partial charge in [-0.25, -0.2) is 14.3 Å². The molecule has 0 bridgehead atoms. The molecule has 0 radical (unpaired) electrons. The Balaban J connectivity index is 1.52. The highest BCUT2D eigenvalue weighted by Crippen LogP contribution is 2.28. The molecule has 1 atom stereocenters. The first-order valence-corrected chi connectivity index (χ1v) is 10.4. The van der Waals surface area contributed by atoms with Crippen molar-refractivity contribution in [2.45, 2.75) is 12.6 Å². The van der Waals surface area contributed by atoms with Gasteiger partial charge in [0.25, 0.3) is 5.56 Å². The van der Waals surface area contributed by atoms with Gasteiger partial charge in [-0.2, -0.15) is 0 Å². The van der Waals surface area contributed by atoms with Gasteiger partial charge in [-0.05, 0) is 17.7 Å². The standard InChI is InChI=1S/C24H21N5O4/c1-27-14-25-22-21(27)23(31)29(24(32)28(22)2)13-19(30)26-20(15-8-4-3-5-9-15)18-12-16-10-6-7-11-17(16)33-18/h3-12,14,20H,13H2,1-2H3,(H,26,30)/t20-/m0/s1. The molecule has 0 spiro atoms. The molecule has 1 amide bonds. The lowest BCUT2D eigenvalue weighted by Gasteiger charge is -2.18. The average Bonchev–Trinajstić information content (AvgIpc) is 3.43. The largest absolute Gasteiger partial charge is 0.459 e. The minimum Gasteiger partial charge on any atom is -0.459 e. The van der Waals surface area contributed by atoms with E-state index in [1.165, 1.54) is 22.5 Å². The van der Waals surface area contributed by atoms with Gasteiger partial charge in [0.1, 0.15) is 23.9 Å². The number of nitrogens with zero attached hydrogens (tertiary/aromatic N) is 4. The molecule has 0 saturated carbocycles. The van der Waals surface area contributed by atoms with Crippen molar-refractivity contribution >= 4 is 28.0 Å². The lowest BCUT2D eigenvalue weighted by molar-refractivity contribution is -0.122. The van der Waals surface area contributed by atoms with Crippen LogP contribution in [0.25, 0.3) is 22.1 Å². The third kappa shape index (κ3) is 3.53. The lowest BCUT2D eigenvalue weighted by atomic mass is 10.0. The molecule has 1 N–H and O–H groups in total. The van der Waals surface area contributed by atoms with Crippen molar-refractivity contribution in [2.75, 3.05) is 0 Å². The molecule has 3 heterocycles. The zero-order valence-corrected chi connectivity index (χ0v) is 18.1. The highest BCUT2D eigenvalue weighted by atomic mass is 16.3. The Bertz CT molecular complexity index is 1570. The van der Waals surface area contributed by atoms with Gasteiger partial charge in [-0.15, -0.1) is 0 Å². The Morgan fingerprint density at radius 2 is 1.79 bits per heavy atom. The first-order chi connectivity index (χ1) is 15.9. The number of rotatable bonds is 5. The van der Waals surface area contributed by atoms with Crippen LogP contribution in [-0.4, -0.2) is 24.6 Å². The summed E-state index contributed by atoms with van der Waals surface area (Å²) in [4.78, 5) is 42.9. The summed E-state index contributed by atoms with van der Waals surface area (Å²) in [6.07, 6.45) is 1.46. The van der Waals surface area contributed by atoms with Gasteiger partial charge >= 0.3 is 5.69 Å². The van der Waals surface area contributed by atoms with E-state index >= 15 is 0 Å². The molecule has 2 aromatic carbocycles. The maximum atomic E-state index is 13.1. The van der Waals surface area contributed by atoms with Crippen molar-refractivity contribution in [2.24, 2.45) is 14.1 Å². The van der Waals surface area contributed by atoms with Crippen LogP contribution in [0.5, 0.6) is 0 Å². The highest BCUT2D eigenvalue weighted by molar-refractivity contribution is 5.80. The monoisotopic (exact) mass is 443 g/mol. The smallest absolute Gasteiger partial charge is 0.332 e. The maximum Gasteiger partial charge on any atom is 0.332 e. The number of imidazole rings is 1. The number of aryl methyl sites for hydroxylation is 2. The molecule has 33 heavy (non-hydrogen) atoms. The molecule has 9 nitrogen and oxygen atoms in total. The number of amides is 1. The molecule has 166 valence electrons. The topological polar surface area (TPSA) is 104 Å². The van der Waals surface area contributed by atoms with E-state index in [0.717, 1.165) is 15.5 Å². The second kappa shape index (κ2) is 7.94. The van der Waals surface area contributed by atoms with E-state index in [0.29, 0.717) is 11.3 Å². The summed E-state index contributed by atoms with van der Waals surface area (Å²) in [5.74, 6) is 0.0584. The number of para-hydroxylation sites is 1. The minimum atomic E-state index is -0.610. The Hall–Kier alpha value is -4.40. The van der Waals surface area contributed by atoms with Gasteiger partial charge in [0.2, 0.25) is 5.91 Å². The van der Waals surface area contributed by atoms with E-state index < -0.39 is 29.7 Å². The summed E-state index contributed by atoms with van der Waals surface area (Å²) >= 11 is 0. The van der Waals surface area contributed by atoms with E-state index in [9.17, 15) is 14.4 Å². The van der Waals surface area contributed by atoms with Crippen LogP contribution in [0.15, 0.2) is 81.0 Å². The predicted octanol–water partition coefficient (Wildman–Crippen LogP) is 2.09. The number of nitrogens with one attached hydrogen (secondary N) is 1. The van der Waals surface area contributed by atoms with E-state index in [1.54, 1.807) is 7.05 Å². The second-order valence-corrected chi connectivity index (χ2v) is 7.86. The van der Waals surface area contributed by atoms with Crippen molar-refractivity contribution in [3.8, 4) is 0 Å². The molecule has 0 unspecified atom stereocenters. The van der Waals surface area contributed by atoms with Crippen LogP contribution in [0.3, 0.4) is 0 Å². The van der Waals surface area contributed by atoms with E-state index in [4.69, 9.17) is 4.42 Å². The zero-order valence-electron chi connectivity index (χ0n) is 18.1. The molecule has 5 aromatic rings. The second-order valence-electron chi connectivity index (χ2n) is 7.86. The lowest BCUT2D eigenvalue weighted by Crippen LogP contribution is -2.44. The molecule has 0 fully saturated rings. The quantitative estimate of drug-likeness (QED) is 0.448. The molecule has 3 aromatic heterocycles. The van der Waals surface area contributed by atoms with Crippen molar-refractivity contribution in [3.05, 3.63) is 99.2 Å². The zero-order chi connectivity index (χ0) is 23.1. The maximum absolute atomic E-state index is 13.1. The predicted molar refractivity (Wildman–Crippen MR) is 123 cm³/mol. The fraction of sp³-hybridized carbons (Fsp3) is 0.167. The Labute approximate surface area is 187 Å². The molecular formula is C24H21N5O4. The number of hydrogen-bond donors (Lipinski definition) is 1. The van der Waals surface area contributed by atoms with Crippen LogP contribution < -0.4 is 16.6 Å². The van der Waals surface area contributed by atoms with E-state index in [2.05, 4.69) is 10.3 Å². The Morgan fingerprint density at radius 1 is 1.06 bits per heavy atom. The summed E-state index contributed by atoms with van der Waals surface area (Å²) in [5, 5.41) is 3.84. The minimum absolute atomic E-state index is 0.252. The van der Waals surface area contributed by atoms with E-state index in [-0.39, 0.29) is 11.2 Å². The number of hydrogen-bond acceptors (Lipinski definition) is 5. The van der Waals surface area contributed by atoms with Crippen LogP contribution in [0, 0.1) is 0 Å². The average molecular weight is 443 g/mol. The van der Waals surface area contributed by atoms with Gasteiger partial charge in [-0.3, -0.25) is 14.2 Å². The normalized spacial score (nSPS) is 12.3. The number of benzene rings is 2. The third-order valence-electron chi connectivity index (χ3n) is 5.67. The molecule has 9 heteroatoms. The first kappa shape index (κ1) is 20.5. The fourth-order valence-electron chi connectivity index (χ4n) is 3.99. The summed E-state index contributed by atoms with van der Waals surface area (Å²) in [5.41, 5.74) is 0.863. The van der Waals surface area contributed by atoms with Gasteiger partial charge in [0, 0.05) is 19.5 Å². The van der Waals surface area contributed by atoms with Crippen molar-refractivity contribution in [1.29, 1.82) is 0 Å². The first-order valence-electron chi connectivity index (χ1n) is 10.4. The molecule has 0 aliphatic rings. The Kier molecular flexibility index (Phi) is 4.93. The van der Waals surface area contributed by atoms with Gasteiger partial charge in [0.05, 0.1) is 6.33 Å². The molecule has 5 rings (SSSR count). The van der Waals surface area contributed by atoms with E-state index in [1.807, 2.05) is 60.7 Å². The molecule has 0 aliphatic carbocycles. The van der Waals surface area contributed by atoms with Crippen molar-refractivity contribution in [1.82, 2.24) is 24.0 Å². The fourth-order valence-corrected chi connectivity index (χ4v) is 3.99. The molecule has 0 saturated heterocycles. The third-order valence-corrected chi connectivity index (χ3v) is 5.67. The summed E-state index contributed by atoms with van der Waals surface area (Å²) in [7, 11) is 3.19. The molecular weight excluding hydrogens is 422 g/mol. The van der Waals surface area contributed by atoms with Crippen LogP contribution in [0.1, 0.15) is 17.4 Å². The van der Waals surface area contributed by atoms with Gasteiger partial charge < -0.3 is 14.3 Å². The summed E-state index contributed by atoms with van der Waals surface area (Å²) in [6, 6.07) is 18.2. The number of carbonyl (C=O) groups is 1. The van der Waals surface area contributed by atoms with Crippen LogP contribution in [0.2, 0.25) is 0 Å². The Morgan fingerprint density at radius 3 is 2.55 bits per heavy atom. The summed E-state index contributed by atoms with van der Waals surface area (Å²) in [6.45, 7) is -0.434. The van der Waals surface area contributed by atoms with Gasteiger partial charge in [-0.1, -0.05) is 48.5 Å². The van der Waals surface area contributed by atoms with Crippen molar-refractivity contribution < 1.29 is 9.21 Å². The number of furan rings is 1. The number of fused-ring (bicyclic) bond motifs is 2.